The van der Waals surface area contributed by atoms with Crippen molar-refractivity contribution < 1.29 is 9.52 Å². The molecule has 0 radical (unpaired) electrons. The molecule has 1 aromatic carbocycles. The minimum Gasteiger partial charge on any atom is -0.418 e. The van der Waals surface area contributed by atoms with Crippen LogP contribution >= 0.6 is 0 Å². The van der Waals surface area contributed by atoms with Crippen molar-refractivity contribution in [2.24, 2.45) is 0 Å². The molecule has 90 valence electrons. The maximum Gasteiger partial charge on any atom is 0.247 e. The van der Waals surface area contributed by atoms with Crippen LogP contribution in [0.5, 0.6) is 0 Å². The number of hydrogen-bond donors (Lipinski definition) is 1. The Bertz CT molecular complexity index is 675. The van der Waals surface area contributed by atoms with Gasteiger partial charge < -0.3 is 9.52 Å². The first-order valence-corrected chi connectivity index (χ1v) is 5.74. The summed E-state index contributed by atoms with van der Waals surface area (Å²) >= 11 is 0. The van der Waals surface area contributed by atoms with E-state index in [1.54, 1.807) is 19.2 Å². The number of aliphatic hydroxyl groups excluding tert-OH is 1. The summed E-state index contributed by atoms with van der Waals surface area (Å²) in [6.07, 6.45) is 1.02. The van der Waals surface area contributed by atoms with E-state index in [0.29, 0.717) is 17.1 Å². The summed E-state index contributed by atoms with van der Waals surface area (Å²) in [5.41, 5.74) is 2.69. The topological polar surface area (TPSA) is 59.2 Å². The lowest BCUT2D eigenvalue weighted by Crippen LogP contribution is -1.93. The number of aromatic nitrogens is 2. The normalized spacial score (nSPS) is 12.8. The highest BCUT2D eigenvalue weighted by molar-refractivity contribution is 5.76. The fourth-order valence-electron chi connectivity index (χ4n) is 1.89. The monoisotopic (exact) mass is 240 g/mol. The van der Waals surface area contributed by atoms with Crippen molar-refractivity contribution in [1.82, 2.24) is 9.97 Å². The number of rotatable bonds is 2. The molecule has 3 rings (SSSR count). The number of hydrogen-bond acceptors (Lipinski definition) is 4. The zero-order valence-corrected chi connectivity index (χ0v) is 9.87. The fraction of sp³-hybridized carbons (Fsp3) is 0.143. The third-order valence-corrected chi connectivity index (χ3v) is 2.80. The molecule has 0 aliphatic heterocycles. The van der Waals surface area contributed by atoms with Gasteiger partial charge in [0.1, 0.15) is 5.52 Å². The van der Waals surface area contributed by atoms with Crippen molar-refractivity contribution >= 4 is 11.2 Å². The average molecular weight is 240 g/mol. The number of pyridine rings is 1. The van der Waals surface area contributed by atoms with Gasteiger partial charge in [0.05, 0.1) is 6.10 Å². The molecule has 18 heavy (non-hydrogen) atoms. The van der Waals surface area contributed by atoms with Crippen LogP contribution in [0.2, 0.25) is 0 Å². The minimum atomic E-state index is -0.593. The quantitative estimate of drug-likeness (QED) is 0.748. The van der Waals surface area contributed by atoms with Gasteiger partial charge in [0.2, 0.25) is 11.6 Å². The van der Waals surface area contributed by atoms with Crippen molar-refractivity contribution in [2.75, 3.05) is 0 Å². The van der Waals surface area contributed by atoms with Gasteiger partial charge in [-0.25, -0.2) is 9.97 Å². The molecular weight excluding hydrogens is 228 g/mol. The molecule has 0 bridgehead atoms. The molecule has 2 heterocycles. The summed E-state index contributed by atoms with van der Waals surface area (Å²) in [5, 5.41) is 9.69. The van der Waals surface area contributed by atoms with Crippen LogP contribution in [0, 0.1) is 0 Å². The highest BCUT2D eigenvalue weighted by Crippen LogP contribution is 2.27. The second-order valence-corrected chi connectivity index (χ2v) is 4.11. The summed E-state index contributed by atoms with van der Waals surface area (Å²) in [4.78, 5) is 8.55. The van der Waals surface area contributed by atoms with E-state index in [0.717, 1.165) is 11.1 Å². The van der Waals surface area contributed by atoms with Crippen LogP contribution in [0.25, 0.3) is 22.7 Å². The van der Waals surface area contributed by atoms with E-state index in [1.165, 1.54) is 0 Å². The van der Waals surface area contributed by atoms with Crippen molar-refractivity contribution in [1.29, 1.82) is 0 Å². The Hall–Kier alpha value is -2.20. The van der Waals surface area contributed by atoms with E-state index in [-0.39, 0.29) is 0 Å². The van der Waals surface area contributed by atoms with Gasteiger partial charge in [0.25, 0.3) is 0 Å². The van der Waals surface area contributed by atoms with Gasteiger partial charge in [0, 0.05) is 17.3 Å². The summed E-state index contributed by atoms with van der Waals surface area (Å²) in [6.45, 7) is 1.70. The summed E-state index contributed by atoms with van der Waals surface area (Å²) in [6, 6.07) is 11.4. The average Bonchev–Trinajstić information content (AvgIpc) is 2.83. The predicted octanol–water partition coefficient (Wildman–Crippen LogP) is 2.94. The number of benzene rings is 1. The van der Waals surface area contributed by atoms with Crippen LogP contribution in [-0.2, 0) is 0 Å². The van der Waals surface area contributed by atoms with E-state index in [2.05, 4.69) is 9.97 Å². The molecule has 3 aromatic rings. The van der Waals surface area contributed by atoms with Crippen molar-refractivity contribution in [3.63, 3.8) is 0 Å². The van der Waals surface area contributed by atoms with Crippen molar-refractivity contribution in [2.45, 2.75) is 13.0 Å². The molecule has 0 saturated carbocycles. The van der Waals surface area contributed by atoms with Crippen LogP contribution in [0.15, 0.2) is 47.0 Å². The molecule has 4 nitrogen and oxygen atoms in total. The Labute approximate surface area is 104 Å². The predicted molar refractivity (Wildman–Crippen MR) is 67.9 cm³/mol. The van der Waals surface area contributed by atoms with E-state index in [4.69, 9.17) is 4.42 Å². The second kappa shape index (κ2) is 4.23. The second-order valence-electron chi connectivity index (χ2n) is 4.11. The fourth-order valence-corrected chi connectivity index (χ4v) is 1.89. The van der Waals surface area contributed by atoms with Crippen LogP contribution in [0.1, 0.15) is 18.6 Å². The number of oxazole rings is 1. The van der Waals surface area contributed by atoms with Crippen LogP contribution in [-0.4, -0.2) is 15.1 Å². The Morgan fingerprint density at radius 1 is 1.17 bits per heavy atom. The van der Waals surface area contributed by atoms with Gasteiger partial charge in [-0.1, -0.05) is 18.2 Å². The Morgan fingerprint density at radius 2 is 1.94 bits per heavy atom. The molecule has 0 saturated heterocycles. The summed E-state index contributed by atoms with van der Waals surface area (Å²) < 4.78 is 5.61. The van der Waals surface area contributed by atoms with E-state index < -0.39 is 6.10 Å². The molecule has 0 fully saturated rings. The van der Waals surface area contributed by atoms with E-state index in [1.807, 2.05) is 30.3 Å². The van der Waals surface area contributed by atoms with Gasteiger partial charge in [-0.05, 0) is 25.1 Å². The molecular formula is C14H12N2O2. The maximum absolute atomic E-state index is 9.69. The summed E-state index contributed by atoms with van der Waals surface area (Å²) in [5.74, 6) is 0.520. The molecule has 1 unspecified atom stereocenters. The van der Waals surface area contributed by atoms with Gasteiger partial charge in [-0.15, -0.1) is 0 Å². The molecule has 0 aliphatic carbocycles. The zero-order valence-electron chi connectivity index (χ0n) is 9.87. The SMILES string of the molecule is CC(O)c1ccnc2oc(-c3ccccc3)nc12. The van der Waals surface area contributed by atoms with Crippen LogP contribution < -0.4 is 0 Å². The molecule has 1 atom stereocenters. The van der Waals surface area contributed by atoms with Gasteiger partial charge in [-0.2, -0.15) is 0 Å². The first-order valence-electron chi connectivity index (χ1n) is 5.74. The van der Waals surface area contributed by atoms with Crippen molar-refractivity contribution in [3.05, 3.63) is 48.2 Å². The molecule has 2 aromatic heterocycles. The highest BCUT2D eigenvalue weighted by atomic mass is 16.4. The first-order chi connectivity index (χ1) is 8.75. The first kappa shape index (κ1) is 10.9. The Balaban J connectivity index is 2.20. The lowest BCUT2D eigenvalue weighted by Gasteiger charge is -2.02. The summed E-state index contributed by atoms with van der Waals surface area (Å²) in [7, 11) is 0. The third-order valence-electron chi connectivity index (χ3n) is 2.80. The standard InChI is InChI=1S/C14H12N2O2/c1-9(17)11-7-8-15-14-12(11)16-13(18-14)10-5-3-2-4-6-10/h2-9,17H,1H3. The van der Waals surface area contributed by atoms with E-state index in [9.17, 15) is 5.11 Å². The van der Waals surface area contributed by atoms with Crippen molar-refractivity contribution in [3.8, 4) is 11.5 Å². The van der Waals surface area contributed by atoms with Gasteiger partial charge >= 0.3 is 0 Å². The highest BCUT2D eigenvalue weighted by Gasteiger charge is 2.14. The smallest absolute Gasteiger partial charge is 0.247 e. The Morgan fingerprint density at radius 3 is 2.67 bits per heavy atom. The largest absolute Gasteiger partial charge is 0.418 e. The van der Waals surface area contributed by atoms with Crippen LogP contribution in [0.3, 0.4) is 0 Å². The maximum atomic E-state index is 9.69. The third kappa shape index (κ3) is 1.76. The molecule has 1 N–H and O–H groups in total. The van der Waals surface area contributed by atoms with Crippen LogP contribution in [0.4, 0.5) is 0 Å². The Kier molecular flexibility index (Phi) is 2.57. The number of aliphatic hydroxyl groups is 1. The zero-order chi connectivity index (χ0) is 12.5. The lowest BCUT2D eigenvalue weighted by atomic mass is 10.1. The van der Waals surface area contributed by atoms with E-state index >= 15 is 0 Å². The minimum absolute atomic E-state index is 0.451. The number of fused-ring (bicyclic) bond motifs is 1. The molecule has 0 spiro atoms. The molecule has 0 aliphatic rings. The lowest BCUT2D eigenvalue weighted by molar-refractivity contribution is 0.200. The number of nitrogens with zero attached hydrogens (tertiary/aromatic N) is 2. The van der Waals surface area contributed by atoms with Gasteiger partial charge in [-0.3, -0.25) is 0 Å². The molecule has 4 heteroatoms. The van der Waals surface area contributed by atoms with Gasteiger partial charge in [0.15, 0.2) is 0 Å². The molecule has 0 amide bonds.